The number of halogens is 5. The van der Waals surface area contributed by atoms with Crippen LogP contribution in [0, 0.1) is 5.92 Å². The fourth-order valence-electron chi connectivity index (χ4n) is 5.13. The molecule has 1 aliphatic carbocycles. The van der Waals surface area contributed by atoms with Gasteiger partial charge in [0.05, 0.1) is 34.6 Å². The van der Waals surface area contributed by atoms with E-state index in [0.29, 0.717) is 59.8 Å². The fraction of sp³-hybridized carbons (Fsp3) is 0.367. The first-order valence-electron chi connectivity index (χ1n) is 13.7. The number of benzene rings is 2. The van der Waals surface area contributed by atoms with E-state index in [2.05, 4.69) is 0 Å². The third-order valence-electron chi connectivity index (χ3n) is 7.26. The van der Waals surface area contributed by atoms with Crippen LogP contribution < -0.4 is 4.74 Å². The number of carboxylic acid groups (broad SMARTS) is 1. The summed E-state index contributed by atoms with van der Waals surface area (Å²) in [6.45, 7) is 0.419. The number of alkyl halides is 4. The Morgan fingerprint density at radius 2 is 1.80 bits per heavy atom. The van der Waals surface area contributed by atoms with Gasteiger partial charge >= 0.3 is 12.1 Å². The minimum atomic E-state index is -5.08. The smallest absolute Gasteiger partial charge is 0.490 e. The number of fused-ring (bicyclic) bond motifs is 1. The maximum absolute atomic E-state index is 13.5. The highest BCUT2D eigenvalue weighted by Gasteiger charge is 2.38. The normalized spacial score (nSPS) is 16.8. The molecule has 1 saturated carbocycles. The third kappa shape index (κ3) is 8.82. The number of hydrogen-bond acceptors (Lipinski definition) is 7. The lowest BCUT2D eigenvalue weighted by molar-refractivity contribution is -0.192. The Labute approximate surface area is 265 Å². The topological polar surface area (TPSA) is 116 Å². The van der Waals surface area contributed by atoms with Gasteiger partial charge < -0.3 is 9.84 Å². The Morgan fingerprint density at radius 1 is 1.11 bits per heavy atom. The minimum absolute atomic E-state index is 0.138. The molecule has 1 N–H and O–H groups in total. The number of sulfone groups is 1. The molecule has 1 fully saturated rings. The summed E-state index contributed by atoms with van der Waals surface area (Å²) in [7, 11) is -2.10. The molecule has 1 aliphatic rings. The number of carboxylic acids is 1. The largest absolute Gasteiger partial charge is 0.496 e. The van der Waals surface area contributed by atoms with Gasteiger partial charge in [0.1, 0.15) is 27.7 Å². The lowest BCUT2D eigenvalue weighted by Gasteiger charge is -2.09. The van der Waals surface area contributed by atoms with Crippen molar-refractivity contribution in [3.63, 3.8) is 0 Å². The van der Waals surface area contributed by atoms with E-state index in [1.165, 1.54) is 6.07 Å². The van der Waals surface area contributed by atoms with Crippen molar-refractivity contribution in [3.05, 3.63) is 75.8 Å². The van der Waals surface area contributed by atoms with Crippen LogP contribution in [0.1, 0.15) is 42.5 Å². The summed E-state index contributed by atoms with van der Waals surface area (Å²) in [5.74, 6) is -2.50. The molecule has 0 radical (unpaired) electrons. The molecular weight excluding hydrogens is 660 g/mol. The number of nitrogens with zero attached hydrogens (tertiary/aromatic N) is 2. The molecule has 15 heteroatoms. The van der Waals surface area contributed by atoms with E-state index < -0.39 is 28.2 Å². The lowest BCUT2D eigenvalue weighted by atomic mass is 9.96. The van der Waals surface area contributed by atoms with Crippen molar-refractivity contribution in [2.45, 2.75) is 61.0 Å². The molecule has 45 heavy (non-hydrogen) atoms. The van der Waals surface area contributed by atoms with Gasteiger partial charge in [-0.15, -0.1) is 11.3 Å². The number of ketones is 1. The van der Waals surface area contributed by atoms with Crippen LogP contribution in [0.2, 0.25) is 4.34 Å². The molecule has 0 aliphatic heterocycles. The van der Waals surface area contributed by atoms with Crippen LogP contribution in [0.25, 0.3) is 10.9 Å². The summed E-state index contributed by atoms with van der Waals surface area (Å²) in [5, 5.41) is 12.5. The van der Waals surface area contributed by atoms with Gasteiger partial charge in [-0.05, 0) is 61.1 Å². The minimum Gasteiger partial charge on any atom is -0.496 e. The zero-order valence-electron chi connectivity index (χ0n) is 23.9. The van der Waals surface area contributed by atoms with E-state index in [1.54, 1.807) is 23.9 Å². The van der Waals surface area contributed by atoms with Crippen molar-refractivity contribution >= 4 is 55.4 Å². The number of carbonyl (C=O) groups excluding carboxylic acids is 1. The van der Waals surface area contributed by atoms with Gasteiger partial charge in [0.2, 0.25) is 0 Å². The zero-order valence-corrected chi connectivity index (χ0v) is 26.3. The molecule has 0 spiro atoms. The maximum Gasteiger partial charge on any atom is 0.490 e. The molecule has 0 saturated heterocycles. The SMILES string of the molecule is COc1cccc2c1c(CS(=O)(=O)c1ccc(Cl)s1)nn2Cc1cccc(CCC(=O)[C@H]2CC[C@@H](F)C2)c1.O=C(O)C(F)(F)F. The molecule has 2 heterocycles. The highest BCUT2D eigenvalue weighted by atomic mass is 35.5. The number of aromatic nitrogens is 2. The van der Waals surface area contributed by atoms with E-state index in [4.69, 9.17) is 31.3 Å². The van der Waals surface area contributed by atoms with Crippen molar-refractivity contribution in [1.29, 1.82) is 0 Å². The summed E-state index contributed by atoms with van der Waals surface area (Å²) < 4.78 is 79.4. The van der Waals surface area contributed by atoms with Crippen molar-refractivity contribution in [3.8, 4) is 5.75 Å². The summed E-state index contributed by atoms with van der Waals surface area (Å²) in [6.07, 6.45) is -3.45. The predicted octanol–water partition coefficient (Wildman–Crippen LogP) is 7.06. The van der Waals surface area contributed by atoms with Crippen LogP contribution in [-0.4, -0.2) is 54.5 Å². The van der Waals surface area contributed by atoms with Crippen LogP contribution in [0.5, 0.6) is 5.75 Å². The first-order chi connectivity index (χ1) is 21.2. The first kappa shape index (κ1) is 34.4. The van der Waals surface area contributed by atoms with Gasteiger partial charge in [0, 0.05) is 12.3 Å². The summed E-state index contributed by atoms with van der Waals surface area (Å²) in [5.41, 5.74) is 3.18. The molecular formula is C30H29ClF4N2O6S2. The van der Waals surface area contributed by atoms with E-state index in [1.807, 2.05) is 36.4 Å². The quantitative estimate of drug-likeness (QED) is 0.178. The lowest BCUT2D eigenvalue weighted by Crippen LogP contribution is -2.21. The number of methoxy groups -OCH3 is 1. The fourth-order valence-corrected chi connectivity index (χ4v) is 7.98. The van der Waals surface area contributed by atoms with Crippen molar-refractivity contribution in [2.75, 3.05) is 7.11 Å². The zero-order chi connectivity index (χ0) is 32.9. The molecule has 0 unspecified atom stereocenters. The van der Waals surface area contributed by atoms with Crippen LogP contribution in [0.4, 0.5) is 17.6 Å². The van der Waals surface area contributed by atoms with Crippen molar-refractivity contribution in [2.24, 2.45) is 5.92 Å². The molecule has 2 aromatic heterocycles. The number of carbonyl (C=O) groups is 2. The van der Waals surface area contributed by atoms with E-state index in [-0.39, 0.29) is 21.7 Å². The van der Waals surface area contributed by atoms with Crippen molar-refractivity contribution in [1.82, 2.24) is 9.78 Å². The number of rotatable bonds is 10. The van der Waals surface area contributed by atoms with Crippen LogP contribution in [0.3, 0.4) is 0 Å². The first-order valence-corrected chi connectivity index (χ1v) is 16.6. The number of aryl methyl sites for hydroxylation is 1. The van der Waals surface area contributed by atoms with E-state index >= 15 is 0 Å². The second-order valence-corrected chi connectivity index (χ2v) is 14.4. The number of thiophene rings is 1. The highest BCUT2D eigenvalue weighted by molar-refractivity contribution is 7.92. The van der Waals surface area contributed by atoms with Crippen LogP contribution >= 0.6 is 22.9 Å². The molecule has 5 rings (SSSR count). The summed E-state index contributed by atoms with van der Waals surface area (Å²) in [4.78, 5) is 21.4. The third-order valence-corrected chi connectivity index (χ3v) is 10.7. The summed E-state index contributed by atoms with van der Waals surface area (Å²) in [6, 6.07) is 16.6. The van der Waals surface area contributed by atoms with Gasteiger partial charge in [0.15, 0.2) is 9.84 Å². The molecule has 2 aromatic carbocycles. The molecule has 0 bridgehead atoms. The van der Waals surface area contributed by atoms with Gasteiger partial charge in [-0.1, -0.05) is 41.9 Å². The summed E-state index contributed by atoms with van der Waals surface area (Å²) >= 11 is 7.00. The maximum atomic E-state index is 13.5. The molecule has 0 amide bonds. The second kappa shape index (κ2) is 14.3. The number of Topliss-reactive ketones (excluding diaryl/α,β-unsaturated/α-hetero) is 1. The molecule has 242 valence electrons. The molecule has 2 atom stereocenters. The second-order valence-electron chi connectivity index (χ2n) is 10.5. The van der Waals surface area contributed by atoms with Gasteiger partial charge in [0.25, 0.3) is 0 Å². The van der Waals surface area contributed by atoms with E-state index in [9.17, 15) is 30.8 Å². The number of aliphatic carboxylic acids is 1. The van der Waals surface area contributed by atoms with Crippen LogP contribution in [0.15, 0.2) is 58.8 Å². The Kier molecular flexibility index (Phi) is 10.9. The number of hydrogen-bond donors (Lipinski definition) is 1. The highest BCUT2D eigenvalue weighted by Crippen LogP contribution is 2.34. The Morgan fingerprint density at radius 3 is 2.40 bits per heavy atom. The van der Waals surface area contributed by atoms with Gasteiger partial charge in [-0.25, -0.2) is 17.6 Å². The van der Waals surface area contributed by atoms with Crippen LogP contribution in [-0.2, 0) is 38.1 Å². The Bertz CT molecular complexity index is 1790. The average molecular weight is 689 g/mol. The monoisotopic (exact) mass is 688 g/mol. The predicted molar refractivity (Wildman–Crippen MR) is 161 cm³/mol. The molecule has 4 aromatic rings. The van der Waals surface area contributed by atoms with Crippen molar-refractivity contribution < 1.29 is 45.4 Å². The Hall–Kier alpha value is -3.49. The molecule has 8 nitrogen and oxygen atoms in total. The Balaban J connectivity index is 0.000000591. The average Bonchev–Trinajstić information content (AvgIpc) is 3.71. The van der Waals surface area contributed by atoms with Gasteiger partial charge in [-0.2, -0.15) is 18.3 Å². The standard InChI is InChI=1S/C28H28ClFN2O4S2.C2HF3O2/c1-36-25-7-3-6-23-28(25)22(17-38(34,35)27-13-12-26(29)37-27)31-32(23)16-19-5-2-4-18(14-19)8-11-24(33)20-9-10-21(30)15-20;3-2(4,5)1(6)7/h2-7,12-14,20-21H,8-11,15-17H2,1H3;(H,6,7)/t20-,21+;/m0./s1. The van der Waals surface area contributed by atoms with Gasteiger partial charge in [-0.3, -0.25) is 9.48 Å². The van der Waals surface area contributed by atoms with E-state index in [0.717, 1.165) is 28.0 Å². The number of ether oxygens (including phenoxy) is 1.